The van der Waals surface area contributed by atoms with Gasteiger partial charge in [-0.3, -0.25) is 4.79 Å². The lowest BCUT2D eigenvalue weighted by atomic mass is 10.1. The Labute approximate surface area is 97.4 Å². The van der Waals surface area contributed by atoms with Gasteiger partial charge in [0.25, 0.3) is 0 Å². The van der Waals surface area contributed by atoms with Gasteiger partial charge in [0, 0.05) is 24.7 Å². The Bertz CT molecular complexity index is 597. The fraction of sp³-hybridized carbons (Fsp3) is 0.250. The summed E-state index contributed by atoms with van der Waals surface area (Å²) in [5.41, 5.74) is 4.70. The Morgan fingerprint density at radius 3 is 3.06 bits per heavy atom. The molecule has 1 aliphatic heterocycles. The van der Waals surface area contributed by atoms with E-state index in [9.17, 15) is 4.79 Å². The molecule has 4 heteroatoms. The maximum atomic E-state index is 11.4. The third-order valence-corrected chi connectivity index (χ3v) is 3.83. The quantitative estimate of drug-likeness (QED) is 0.816. The Kier molecular flexibility index (Phi) is 2.11. The van der Waals surface area contributed by atoms with Gasteiger partial charge in [0.05, 0.1) is 5.69 Å². The number of anilines is 1. The lowest BCUT2D eigenvalue weighted by molar-refractivity contribution is 0.906. The molecule has 0 atom stereocenters. The standard InChI is InChI=1S/C12H12N2OS/c1-14-11(7-16-12(14)15)9-2-3-10-8(6-9)4-5-13-10/h2-3,6-7,13H,4-5H2,1H3. The summed E-state index contributed by atoms with van der Waals surface area (Å²) in [5.74, 6) is 0. The van der Waals surface area contributed by atoms with Crippen LogP contribution in [0.5, 0.6) is 0 Å². The second-order valence-corrected chi connectivity index (χ2v) is 4.82. The average Bonchev–Trinajstić information content (AvgIpc) is 2.86. The first-order valence-corrected chi connectivity index (χ1v) is 6.15. The summed E-state index contributed by atoms with van der Waals surface area (Å²) in [7, 11) is 1.82. The van der Waals surface area contributed by atoms with Crippen LogP contribution in [0.25, 0.3) is 11.3 Å². The molecular formula is C12H12N2OS. The first-order valence-electron chi connectivity index (χ1n) is 5.27. The summed E-state index contributed by atoms with van der Waals surface area (Å²) >= 11 is 1.25. The molecule has 0 spiro atoms. The van der Waals surface area contributed by atoms with Gasteiger partial charge >= 0.3 is 4.87 Å². The van der Waals surface area contributed by atoms with Crippen LogP contribution in [0.1, 0.15) is 5.56 Å². The molecule has 1 N–H and O–H groups in total. The van der Waals surface area contributed by atoms with Crippen LogP contribution in [0.15, 0.2) is 28.4 Å². The van der Waals surface area contributed by atoms with Crippen LogP contribution in [0, 0.1) is 0 Å². The minimum atomic E-state index is 0.0913. The number of thiazole rings is 1. The van der Waals surface area contributed by atoms with Gasteiger partial charge in [0.1, 0.15) is 0 Å². The van der Waals surface area contributed by atoms with Gasteiger partial charge in [-0.1, -0.05) is 17.4 Å². The van der Waals surface area contributed by atoms with Crippen molar-refractivity contribution in [2.24, 2.45) is 7.05 Å². The summed E-state index contributed by atoms with van der Waals surface area (Å²) in [4.78, 5) is 11.5. The second kappa shape index (κ2) is 3.49. The van der Waals surface area contributed by atoms with Gasteiger partial charge in [-0.2, -0.15) is 0 Å². The van der Waals surface area contributed by atoms with Gasteiger partial charge < -0.3 is 9.88 Å². The first kappa shape index (κ1) is 9.66. The van der Waals surface area contributed by atoms with Crippen LogP contribution < -0.4 is 10.2 Å². The van der Waals surface area contributed by atoms with Crippen molar-refractivity contribution in [3.05, 3.63) is 38.8 Å². The molecule has 1 aromatic carbocycles. The van der Waals surface area contributed by atoms with Gasteiger partial charge in [0.2, 0.25) is 0 Å². The Morgan fingerprint density at radius 1 is 1.44 bits per heavy atom. The minimum absolute atomic E-state index is 0.0913. The van der Waals surface area contributed by atoms with Crippen molar-refractivity contribution in [2.75, 3.05) is 11.9 Å². The molecule has 82 valence electrons. The van der Waals surface area contributed by atoms with E-state index in [-0.39, 0.29) is 4.87 Å². The molecule has 0 radical (unpaired) electrons. The van der Waals surface area contributed by atoms with Crippen molar-refractivity contribution >= 4 is 17.0 Å². The molecule has 0 unspecified atom stereocenters. The molecule has 1 aromatic heterocycles. The number of benzene rings is 1. The van der Waals surface area contributed by atoms with Crippen molar-refractivity contribution in [1.82, 2.24) is 4.57 Å². The van der Waals surface area contributed by atoms with E-state index in [4.69, 9.17) is 0 Å². The predicted octanol–water partition coefficient (Wildman–Crippen LogP) is 2.08. The van der Waals surface area contributed by atoms with E-state index in [1.165, 1.54) is 22.6 Å². The largest absolute Gasteiger partial charge is 0.384 e. The zero-order valence-electron chi connectivity index (χ0n) is 8.99. The van der Waals surface area contributed by atoms with Crippen molar-refractivity contribution < 1.29 is 0 Å². The Morgan fingerprint density at radius 2 is 2.31 bits per heavy atom. The zero-order chi connectivity index (χ0) is 11.1. The number of hydrogen-bond donors (Lipinski definition) is 1. The molecule has 3 rings (SSSR count). The monoisotopic (exact) mass is 232 g/mol. The third-order valence-electron chi connectivity index (χ3n) is 3.02. The summed E-state index contributed by atoms with van der Waals surface area (Å²) in [5, 5.41) is 5.26. The number of fused-ring (bicyclic) bond motifs is 1. The normalized spacial score (nSPS) is 13.6. The number of nitrogens with zero attached hydrogens (tertiary/aromatic N) is 1. The molecule has 0 amide bonds. The molecular weight excluding hydrogens is 220 g/mol. The van der Waals surface area contributed by atoms with Crippen LogP contribution in [0.3, 0.4) is 0 Å². The number of rotatable bonds is 1. The summed E-state index contributed by atoms with van der Waals surface area (Å²) in [6, 6.07) is 6.34. The lowest BCUT2D eigenvalue weighted by Gasteiger charge is -2.05. The maximum Gasteiger partial charge on any atom is 0.307 e. The highest BCUT2D eigenvalue weighted by Gasteiger charge is 2.12. The number of hydrogen-bond acceptors (Lipinski definition) is 3. The molecule has 3 nitrogen and oxygen atoms in total. The molecule has 1 aliphatic rings. The molecule has 0 aliphatic carbocycles. The average molecular weight is 232 g/mol. The van der Waals surface area contributed by atoms with Crippen molar-refractivity contribution in [1.29, 1.82) is 0 Å². The first-order chi connectivity index (χ1) is 7.75. The van der Waals surface area contributed by atoms with Crippen LogP contribution in [-0.2, 0) is 13.5 Å². The minimum Gasteiger partial charge on any atom is -0.384 e. The van der Waals surface area contributed by atoms with Crippen LogP contribution in [0.4, 0.5) is 5.69 Å². The fourth-order valence-electron chi connectivity index (χ4n) is 2.09. The molecule has 2 aromatic rings. The smallest absolute Gasteiger partial charge is 0.307 e. The van der Waals surface area contributed by atoms with Crippen molar-refractivity contribution in [3.8, 4) is 11.3 Å². The molecule has 0 fully saturated rings. The van der Waals surface area contributed by atoms with Crippen LogP contribution >= 0.6 is 11.3 Å². The predicted molar refractivity (Wildman–Crippen MR) is 67.2 cm³/mol. The van der Waals surface area contributed by atoms with E-state index in [1.54, 1.807) is 4.57 Å². The highest BCUT2D eigenvalue weighted by atomic mass is 32.1. The summed E-state index contributed by atoms with van der Waals surface area (Å²) < 4.78 is 1.70. The van der Waals surface area contributed by atoms with Gasteiger partial charge in [0.15, 0.2) is 0 Å². The van der Waals surface area contributed by atoms with E-state index in [2.05, 4.69) is 23.5 Å². The highest BCUT2D eigenvalue weighted by molar-refractivity contribution is 7.07. The van der Waals surface area contributed by atoms with E-state index in [0.29, 0.717) is 0 Å². The second-order valence-electron chi connectivity index (χ2n) is 3.99. The maximum absolute atomic E-state index is 11.4. The third kappa shape index (κ3) is 1.38. The Balaban J connectivity index is 2.14. The highest BCUT2D eigenvalue weighted by Crippen LogP contribution is 2.28. The molecule has 2 heterocycles. The van der Waals surface area contributed by atoms with E-state index < -0.39 is 0 Å². The molecule has 0 saturated heterocycles. The molecule has 16 heavy (non-hydrogen) atoms. The van der Waals surface area contributed by atoms with Gasteiger partial charge in [-0.25, -0.2) is 0 Å². The summed E-state index contributed by atoms with van der Waals surface area (Å²) in [6.07, 6.45) is 1.07. The van der Waals surface area contributed by atoms with Crippen LogP contribution in [0.2, 0.25) is 0 Å². The lowest BCUT2D eigenvalue weighted by Crippen LogP contribution is -2.08. The van der Waals surface area contributed by atoms with Crippen molar-refractivity contribution in [3.63, 3.8) is 0 Å². The number of aromatic nitrogens is 1. The number of nitrogens with one attached hydrogen (secondary N) is 1. The van der Waals surface area contributed by atoms with Gasteiger partial charge in [-0.15, -0.1) is 0 Å². The Hall–Kier alpha value is -1.55. The van der Waals surface area contributed by atoms with E-state index in [1.807, 2.05) is 12.4 Å². The fourth-order valence-corrected chi connectivity index (χ4v) is 2.85. The SMILES string of the molecule is Cn1c(-c2ccc3c(c2)CCN3)csc1=O. The van der Waals surface area contributed by atoms with E-state index in [0.717, 1.165) is 24.2 Å². The zero-order valence-corrected chi connectivity index (χ0v) is 9.80. The molecule has 0 bridgehead atoms. The topological polar surface area (TPSA) is 34.0 Å². The van der Waals surface area contributed by atoms with Crippen molar-refractivity contribution in [2.45, 2.75) is 6.42 Å². The van der Waals surface area contributed by atoms with E-state index >= 15 is 0 Å². The van der Waals surface area contributed by atoms with Crippen LogP contribution in [-0.4, -0.2) is 11.1 Å². The molecule has 0 saturated carbocycles. The van der Waals surface area contributed by atoms with Gasteiger partial charge in [-0.05, 0) is 29.7 Å². The summed E-state index contributed by atoms with van der Waals surface area (Å²) in [6.45, 7) is 1.02.